The van der Waals surface area contributed by atoms with Gasteiger partial charge in [-0.1, -0.05) is 11.6 Å². The lowest BCUT2D eigenvalue weighted by molar-refractivity contribution is -0.137. The highest BCUT2D eigenvalue weighted by Gasteiger charge is 2.48. The van der Waals surface area contributed by atoms with Gasteiger partial charge in [0.2, 0.25) is 11.7 Å². The van der Waals surface area contributed by atoms with Crippen LogP contribution in [0.3, 0.4) is 0 Å². The number of likely N-dealkylation sites (tertiary alicyclic amines) is 1. The number of halogens is 4. The van der Waals surface area contributed by atoms with E-state index in [0.29, 0.717) is 17.3 Å². The van der Waals surface area contributed by atoms with Crippen LogP contribution >= 0.6 is 11.6 Å². The number of rotatable bonds is 5. The maximum Gasteiger partial charge on any atom is 0.416 e. The standard InChI is InChI=1S/C31H25ClF3N9O5/c1-16-25(46)24(38-15-37-16)28(48)42-9-6-30(7-10-42)23-21(14-49-30)43(13-22(45)39-20-5-4-18(11-19(20)32)31(33,34)35)29-40-26(41-44(29)27(23)47)17-3-2-8-36-12-17/h2-5,8,11-12,15,46H,6-7,9-10,13-14H2,1H3,(H,39,45). The minimum absolute atomic E-state index is 0.0270. The van der Waals surface area contributed by atoms with E-state index in [1.165, 1.54) is 22.0 Å². The number of pyridine rings is 1. The summed E-state index contributed by atoms with van der Waals surface area (Å²) in [5.74, 6) is -1.28. The number of carbonyl (C=O) groups is 2. The predicted octanol–water partition coefficient (Wildman–Crippen LogP) is 3.73. The second-order valence-corrected chi connectivity index (χ2v) is 12.0. The van der Waals surface area contributed by atoms with E-state index >= 15 is 0 Å². The van der Waals surface area contributed by atoms with Crippen molar-refractivity contribution in [2.24, 2.45) is 0 Å². The van der Waals surface area contributed by atoms with E-state index in [1.54, 1.807) is 25.3 Å². The summed E-state index contributed by atoms with van der Waals surface area (Å²) < 4.78 is 48.3. The Labute approximate surface area is 279 Å². The van der Waals surface area contributed by atoms with Crippen LogP contribution in [0.5, 0.6) is 5.75 Å². The predicted molar refractivity (Wildman–Crippen MR) is 166 cm³/mol. The Morgan fingerprint density at radius 2 is 1.94 bits per heavy atom. The molecule has 0 aliphatic carbocycles. The minimum Gasteiger partial charge on any atom is -0.504 e. The van der Waals surface area contributed by atoms with Gasteiger partial charge in [-0.3, -0.25) is 19.4 Å². The molecule has 18 heteroatoms. The molecule has 1 saturated heterocycles. The Kier molecular flexibility index (Phi) is 7.82. The zero-order valence-electron chi connectivity index (χ0n) is 25.5. The van der Waals surface area contributed by atoms with Gasteiger partial charge in [-0.15, -0.1) is 5.10 Å². The molecule has 2 aliphatic heterocycles. The normalized spacial score (nSPS) is 15.5. The number of nitrogens with one attached hydrogen (secondary N) is 1. The van der Waals surface area contributed by atoms with Crippen molar-refractivity contribution in [3.05, 3.63) is 92.6 Å². The topological polar surface area (TPSA) is 170 Å². The van der Waals surface area contributed by atoms with E-state index in [9.17, 15) is 32.7 Å². The fourth-order valence-corrected chi connectivity index (χ4v) is 6.36. The van der Waals surface area contributed by atoms with Gasteiger partial charge < -0.3 is 24.6 Å². The molecule has 2 aliphatic rings. The van der Waals surface area contributed by atoms with Crippen molar-refractivity contribution in [3.63, 3.8) is 0 Å². The van der Waals surface area contributed by atoms with Crippen LogP contribution in [0.2, 0.25) is 5.02 Å². The molecule has 0 saturated carbocycles. The van der Waals surface area contributed by atoms with Crippen molar-refractivity contribution in [1.82, 2.24) is 39.0 Å². The van der Waals surface area contributed by atoms with Crippen LogP contribution in [-0.2, 0) is 34.5 Å². The highest BCUT2D eigenvalue weighted by Crippen LogP contribution is 2.43. The van der Waals surface area contributed by atoms with Crippen LogP contribution in [0.25, 0.3) is 17.2 Å². The van der Waals surface area contributed by atoms with E-state index in [4.69, 9.17) is 16.3 Å². The summed E-state index contributed by atoms with van der Waals surface area (Å²) in [5.41, 5.74) is -1.43. The van der Waals surface area contributed by atoms with Crippen LogP contribution in [0, 0.1) is 6.92 Å². The van der Waals surface area contributed by atoms with Crippen LogP contribution in [-0.4, -0.2) is 69.0 Å². The molecule has 0 atom stereocenters. The molecule has 49 heavy (non-hydrogen) atoms. The summed E-state index contributed by atoms with van der Waals surface area (Å²) in [6, 6.07) is 5.96. The molecule has 2 amide bonds. The number of aromatic hydroxyl groups is 1. The number of hydrogen-bond donors (Lipinski definition) is 2. The molecular formula is C31H25ClF3N9O5. The molecule has 7 rings (SSSR count). The molecule has 0 bridgehead atoms. The molecule has 1 spiro atoms. The first-order chi connectivity index (χ1) is 23.4. The fourth-order valence-electron chi connectivity index (χ4n) is 6.13. The zero-order valence-corrected chi connectivity index (χ0v) is 26.3. The number of benzene rings is 1. The quantitative estimate of drug-likeness (QED) is 0.276. The highest BCUT2D eigenvalue weighted by molar-refractivity contribution is 6.33. The summed E-state index contributed by atoms with van der Waals surface area (Å²) >= 11 is 6.09. The first kappa shape index (κ1) is 32.1. The molecule has 1 fully saturated rings. The number of aryl methyl sites for hydroxylation is 1. The Balaban J connectivity index is 1.24. The van der Waals surface area contributed by atoms with Gasteiger partial charge in [-0.2, -0.15) is 22.7 Å². The molecule has 4 aromatic heterocycles. The van der Waals surface area contributed by atoms with E-state index in [2.05, 4.69) is 30.4 Å². The average molecular weight is 696 g/mol. The number of fused-ring (bicyclic) bond motifs is 3. The van der Waals surface area contributed by atoms with Gasteiger partial charge in [-0.05, 0) is 50.1 Å². The average Bonchev–Trinajstić information content (AvgIpc) is 3.69. The number of aromatic nitrogens is 7. The molecule has 5 aromatic rings. The van der Waals surface area contributed by atoms with Crippen LogP contribution in [0.1, 0.15) is 45.8 Å². The summed E-state index contributed by atoms with van der Waals surface area (Å²) in [7, 11) is 0. The number of nitrogens with zero attached hydrogens (tertiary/aromatic N) is 8. The molecule has 252 valence electrons. The molecule has 0 unspecified atom stereocenters. The zero-order chi connectivity index (χ0) is 34.7. The number of piperidine rings is 1. The second kappa shape index (κ2) is 11.9. The SMILES string of the molecule is Cc1ncnc(C(=O)N2CCC3(CC2)OCc2c3c(=O)n3nc(-c4cccnc4)nc3n2CC(=O)Nc2ccc(C(F)(F)F)cc2Cl)c1O. The maximum atomic E-state index is 14.2. The van der Waals surface area contributed by atoms with E-state index in [1.807, 2.05) is 0 Å². The molecular weight excluding hydrogens is 671 g/mol. The Morgan fingerprint density at radius 1 is 1.16 bits per heavy atom. The largest absolute Gasteiger partial charge is 0.504 e. The van der Waals surface area contributed by atoms with E-state index < -0.39 is 41.3 Å². The molecule has 0 radical (unpaired) electrons. The second-order valence-electron chi connectivity index (χ2n) is 11.6. The first-order valence-corrected chi connectivity index (χ1v) is 15.3. The number of alkyl halides is 3. The number of amides is 2. The summed E-state index contributed by atoms with van der Waals surface area (Å²) in [5, 5.41) is 17.0. The van der Waals surface area contributed by atoms with Crippen LogP contribution in [0.4, 0.5) is 18.9 Å². The highest BCUT2D eigenvalue weighted by atomic mass is 35.5. The van der Waals surface area contributed by atoms with E-state index in [-0.39, 0.29) is 77.6 Å². The Bertz CT molecular complexity index is 2200. The molecule has 2 N–H and O–H groups in total. The number of hydrogen-bond acceptors (Lipinski definition) is 10. The van der Waals surface area contributed by atoms with Crippen molar-refractivity contribution in [2.45, 2.75) is 44.7 Å². The lowest BCUT2D eigenvalue weighted by Gasteiger charge is -2.38. The minimum atomic E-state index is -4.62. The van der Waals surface area contributed by atoms with Crippen molar-refractivity contribution < 1.29 is 32.6 Å². The lowest BCUT2D eigenvalue weighted by Crippen LogP contribution is -2.47. The third kappa shape index (κ3) is 5.63. The van der Waals surface area contributed by atoms with Crippen LogP contribution < -0.4 is 10.9 Å². The van der Waals surface area contributed by atoms with Crippen molar-refractivity contribution in [3.8, 4) is 17.1 Å². The summed E-state index contributed by atoms with van der Waals surface area (Å²) in [4.78, 5) is 58.8. The molecule has 1 aromatic carbocycles. The maximum absolute atomic E-state index is 14.2. The summed E-state index contributed by atoms with van der Waals surface area (Å²) in [6.07, 6.45) is 0.0606. The smallest absolute Gasteiger partial charge is 0.416 e. The van der Waals surface area contributed by atoms with Gasteiger partial charge in [0.15, 0.2) is 17.3 Å². The van der Waals surface area contributed by atoms with Crippen molar-refractivity contribution >= 4 is 34.9 Å². The summed E-state index contributed by atoms with van der Waals surface area (Å²) in [6.45, 7) is 1.36. The molecule has 14 nitrogen and oxygen atoms in total. The molecule has 6 heterocycles. The Morgan fingerprint density at radius 3 is 2.63 bits per heavy atom. The van der Waals surface area contributed by atoms with Gasteiger partial charge >= 0.3 is 6.18 Å². The van der Waals surface area contributed by atoms with Gasteiger partial charge in [0.1, 0.15) is 18.5 Å². The van der Waals surface area contributed by atoms with Crippen LogP contribution in [0.15, 0.2) is 53.8 Å². The number of anilines is 1. The lowest BCUT2D eigenvalue weighted by atomic mass is 9.85. The van der Waals surface area contributed by atoms with Gasteiger partial charge in [-0.25, -0.2) is 9.97 Å². The third-order valence-corrected chi connectivity index (χ3v) is 8.96. The third-order valence-electron chi connectivity index (χ3n) is 8.65. The Hall–Kier alpha value is -5.42. The van der Waals surface area contributed by atoms with Gasteiger partial charge in [0.25, 0.3) is 11.5 Å². The van der Waals surface area contributed by atoms with Gasteiger partial charge in [0.05, 0.1) is 39.8 Å². The van der Waals surface area contributed by atoms with E-state index in [0.717, 1.165) is 16.6 Å². The van der Waals surface area contributed by atoms with Crippen molar-refractivity contribution in [1.29, 1.82) is 0 Å². The fraction of sp³-hybridized carbons (Fsp3) is 0.290. The number of carbonyl (C=O) groups excluding carboxylic acids is 2. The monoisotopic (exact) mass is 695 g/mol. The van der Waals surface area contributed by atoms with Crippen molar-refractivity contribution in [2.75, 3.05) is 18.4 Å². The first-order valence-electron chi connectivity index (χ1n) is 14.9. The van der Waals surface area contributed by atoms with Gasteiger partial charge in [0, 0.05) is 31.0 Å². The number of ether oxygens (including phenoxy) is 1.